The van der Waals surface area contributed by atoms with E-state index in [2.05, 4.69) is 21.6 Å². The minimum atomic E-state index is -3.62. The maximum Gasteiger partial charge on any atom is 0.240 e. The zero-order valence-corrected chi connectivity index (χ0v) is 19.9. The molecular weight excluding hydrogens is 414 g/mol. The standard InChI is InChI=1S/C22H33N5O3S/c1-16-6-7-21(17(2)14-16)31(29,30)23-9-8-22(28)27-12-10-26(11-13-27)15-20-18(3)24-25(5)19(20)4/h6-7,14,23H,8-13,15H2,1-5H3. The summed E-state index contributed by atoms with van der Waals surface area (Å²) < 4.78 is 29.6. The van der Waals surface area contributed by atoms with Gasteiger partial charge in [0.15, 0.2) is 0 Å². The summed E-state index contributed by atoms with van der Waals surface area (Å²) in [6, 6.07) is 5.23. The fourth-order valence-electron chi connectivity index (χ4n) is 4.05. The first-order valence-electron chi connectivity index (χ1n) is 10.6. The van der Waals surface area contributed by atoms with Crippen LogP contribution in [0.5, 0.6) is 0 Å². The van der Waals surface area contributed by atoms with E-state index in [0.717, 1.165) is 30.9 Å². The molecule has 8 nitrogen and oxygen atoms in total. The predicted molar refractivity (Wildman–Crippen MR) is 120 cm³/mol. The number of hydrogen-bond donors (Lipinski definition) is 1. The molecule has 1 aromatic heterocycles. The van der Waals surface area contributed by atoms with Crippen molar-refractivity contribution < 1.29 is 13.2 Å². The van der Waals surface area contributed by atoms with E-state index in [1.54, 1.807) is 19.1 Å². The molecule has 170 valence electrons. The third kappa shape index (κ3) is 5.53. The minimum absolute atomic E-state index is 0.0169. The summed E-state index contributed by atoms with van der Waals surface area (Å²) in [5.74, 6) is -0.0169. The molecule has 3 rings (SSSR count). The topological polar surface area (TPSA) is 87.5 Å². The number of aromatic nitrogens is 2. The molecule has 0 bridgehead atoms. The highest BCUT2D eigenvalue weighted by atomic mass is 32.2. The van der Waals surface area contributed by atoms with E-state index in [4.69, 9.17) is 0 Å². The number of benzene rings is 1. The van der Waals surface area contributed by atoms with Crippen LogP contribution < -0.4 is 4.72 Å². The van der Waals surface area contributed by atoms with Gasteiger partial charge in [0.05, 0.1) is 10.6 Å². The summed E-state index contributed by atoms with van der Waals surface area (Å²) in [5.41, 5.74) is 5.19. The lowest BCUT2D eigenvalue weighted by atomic mass is 10.1. The molecule has 1 fully saturated rings. The summed E-state index contributed by atoms with van der Waals surface area (Å²) in [6.07, 6.45) is 0.158. The molecule has 1 aliphatic rings. The van der Waals surface area contributed by atoms with Crippen molar-refractivity contribution in [2.75, 3.05) is 32.7 Å². The van der Waals surface area contributed by atoms with Crippen LogP contribution >= 0.6 is 0 Å². The lowest BCUT2D eigenvalue weighted by Crippen LogP contribution is -2.48. The first kappa shape index (κ1) is 23.4. The number of sulfonamides is 1. The summed E-state index contributed by atoms with van der Waals surface area (Å²) in [6.45, 7) is 11.7. The second-order valence-electron chi connectivity index (χ2n) is 8.35. The number of carbonyl (C=O) groups excluding carboxylic acids is 1. The average Bonchev–Trinajstić information content (AvgIpc) is 2.94. The third-order valence-electron chi connectivity index (χ3n) is 6.02. The van der Waals surface area contributed by atoms with Crippen LogP contribution in [0.15, 0.2) is 23.1 Å². The zero-order valence-electron chi connectivity index (χ0n) is 19.1. The molecule has 1 saturated heterocycles. The van der Waals surface area contributed by atoms with Crippen LogP contribution in [0.4, 0.5) is 0 Å². The molecule has 1 N–H and O–H groups in total. The molecule has 2 heterocycles. The molecule has 31 heavy (non-hydrogen) atoms. The van der Waals surface area contributed by atoms with Gasteiger partial charge >= 0.3 is 0 Å². The Morgan fingerprint density at radius 1 is 1.10 bits per heavy atom. The van der Waals surface area contributed by atoms with E-state index in [1.165, 1.54) is 11.3 Å². The molecule has 1 amide bonds. The highest BCUT2D eigenvalue weighted by Crippen LogP contribution is 2.17. The van der Waals surface area contributed by atoms with Gasteiger partial charge in [-0.05, 0) is 39.3 Å². The first-order chi connectivity index (χ1) is 14.6. The lowest BCUT2D eigenvalue weighted by molar-refractivity contribution is -0.132. The normalized spacial score (nSPS) is 15.5. The number of aryl methyl sites for hydroxylation is 4. The minimum Gasteiger partial charge on any atom is -0.340 e. The smallest absolute Gasteiger partial charge is 0.240 e. The van der Waals surface area contributed by atoms with Crippen molar-refractivity contribution in [3.05, 3.63) is 46.3 Å². The van der Waals surface area contributed by atoms with Crippen LogP contribution in [0.3, 0.4) is 0 Å². The number of rotatable bonds is 7. The fourth-order valence-corrected chi connectivity index (χ4v) is 5.31. The van der Waals surface area contributed by atoms with Gasteiger partial charge in [-0.1, -0.05) is 17.7 Å². The Balaban J connectivity index is 1.47. The highest BCUT2D eigenvalue weighted by molar-refractivity contribution is 7.89. The van der Waals surface area contributed by atoms with Crippen LogP contribution in [0.2, 0.25) is 0 Å². The van der Waals surface area contributed by atoms with Gasteiger partial charge in [-0.2, -0.15) is 5.10 Å². The van der Waals surface area contributed by atoms with Crippen LogP contribution in [0.25, 0.3) is 0 Å². The van der Waals surface area contributed by atoms with E-state index in [1.807, 2.05) is 36.5 Å². The van der Waals surface area contributed by atoms with Gasteiger partial charge in [0.1, 0.15) is 0 Å². The molecule has 2 aromatic rings. The van der Waals surface area contributed by atoms with E-state index < -0.39 is 10.0 Å². The van der Waals surface area contributed by atoms with Gasteiger partial charge in [0.25, 0.3) is 0 Å². The molecule has 0 saturated carbocycles. The molecule has 9 heteroatoms. The summed E-state index contributed by atoms with van der Waals surface area (Å²) in [4.78, 5) is 17.0. The van der Waals surface area contributed by atoms with E-state index in [0.29, 0.717) is 18.7 Å². The van der Waals surface area contributed by atoms with Gasteiger partial charge in [0, 0.05) is 64.0 Å². The zero-order chi connectivity index (χ0) is 22.8. The van der Waals surface area contributed by atoms with Crippen molar-refractivity contribution in [3.63, 3.8) is 0 Å². The van der Waals surface area contributed by atoms with E-state index >= 15 is 0 Å². The van der Waals surface area contributed by atoms with Crippen molar-refractivity contribution in [1.29, 1.82) is 0 Å². The van der Waals surface area contributed by atoms with Gasteiger partial charge < -0.3 is 4.90 Å². The van der Waals surface area contributed by atoms with Crippen LogP contribution in [0, 0.1) is 27.7 Å². The highest BCUT2D eigenvalue weighted by Gasteiger charge is 2.23. The summed E-state index contributed by atoms with van der Waals surface area (Å²) in [7, 11) is -1.67. The fraction of sp³-hybridized carbons (Fsp3) is 0.545. The van der Waals surface area contributed by atoms with Crippen LogP contribution in [0.1, 0.15) is 34.5 Å². The number of carbonyl (C=O) groups is 1. The molecular formula is C22H33N5O3S. The number of piperazine rings is 1. The Morgan fingerprint density at radius 3 is 2.35 bits per heavy atom. The maximum absolute atomic E-state index is 12.6. The van der Waals surface area contributed by atoms with Crippen molar-refractivity contribution in [2.24, 2.45) is 7.05 Å². The van der Waals surface area contributed by atoms with Crippen LogP contribution in [-0.2, 0) is 28.4 Å². The van der Waals surface area contributed by atoms with Gasteiger partial charge in [-0.25, -0.2) is 13.1 Å². The second-order valence-corrected chi connectivity index (χ2v) is 10.1. The summed E-state index contributed by atoms with van der Waals surface area (Å²) in [5, 5.41) is 4.47. The number of hydrogen-bond acceptors (Lipinski definition) is 5. The third-order valence-corrected chi connectivity index (χ3v) is 7.64. The van der Waals surface area contributed by atoms with Crippen molar-refractivity contribution in [3.8, 4) is 0 Å². The molecule has 0 radical (unpaired) electrons. The van der Waals surface area contributed by atoms with Gasteiger partial charge in [-0.3, -0.25) is 14.4 Å². The van der Waals surface area contributed by atoms with Gasteiger partial charge in [0.2, 0.25) is 15.9 Å². The largest absolute Gasteiger partial charge is 0.340 e. The Morgan fingerprint density at radius 2 is 1.77 bits per heavy atom. The molecule has 0 spiro atoms. The predicted octanol–water partition coefficient (Wildman–Crippen LogP) is 1.67. The molecule has 0 aliphatic carbocycles. The molecule has 0 atom stereocenters. The average molecular weight is 448 g/mol. The van der Waals surface area contributed by atoms with Crippen molar-refractivity contribution >= 4 is 15.9 Å². The van der Waals surface area contributed by atoms with E-state index in [9.17, 15) is 13.2 Å². The van der Waals surface area contributed by atoms with Crippen LogP contribution in [-0.4, -0.2) is 66.6 Å². The lowest BCUT2D eigenvalue weighted by Gasteiger charge is -2.35. The van der Waals surface area contributed by atoms with Crippen molar-refractivity contribution in [1.82, 2.24) is 24.3 Å². The molecule has 1 aliphatic heterocycles. The number of amides is 1. The Kier molecular flexibility index (Phi) is 7.18. The second kappa shape index (κ2) is 9.50. The SMILES string of the molecule is Cc1ccc(S(=O)(=O)NCCC(=O)N2CCN(Cc3c(C)nn(C)c3C)CC2)c(C)c1. The Labute approximate surface area is 185 Å². The Hall–Kier alpha value is -2.23. The first-order valence-corrected chi connectivity index (χ1v) is 12.1. The van der Waals surface area contributed by atoms with E-state index in [-0.39, 0.29) is 23.8 Å². The maximum atomic E-state index is 12.6. The number of nitrogens with one attached hydrogen (secondary N) is 1. The number of nitrogens with zero attached hydrogens (tertiary/aromatic N) is 4. The monoisotopic (exact) mass is 447 g/mol. The van der Waals surface area contributed by atoms with Crippen molar-refractivity contribution in [2.45, 2.75) is 45.6 Å². The summed E-state index contributed by atoms with van der Waals surface area (Å²) >= 11 is 0. The molecule has 0 unspecified atom stereocenters. The quantitative estimate of drug-likeness (QED) is 0.698. The molecule has 1 aromatic carbocycles. The Bertz CT molecular complexity index is 1050. The van der Waals surface area contributed by atoms with Gasteiger partial charge in [-0.15, -0.1) is 0 Å².